The molecular weight excluding hydrogens is 260 g/mol. The minimum atomic E-state index is -1.40. The number of nitrogens with zero attached hydrogens (tertiary/aromatic N) is 2. The first-order chi connectivity index (χ1) is 8.97. The number of amides is 1. The molecule has 0 saturated carbocycles. The number of nitro groups is 1. The number of carbonyl (C=O) groups excluding carboxylic acids is 1. The van der Waals surface area contributed by atoms with Gasteiger partial charge in [0.25, 0.3) is 11.6 Å². The summed E-state index contributed by atoms with van der Waals surface area (Å²) in [6, 6.07) is 2.70. The topological polar surface area (TPSA) is 96.0 Å². The normalized spacial score (nSPS) is 9.74. The fraction of sp³-hybridized carbons (Fsp3) is 0.273. The maximum absolute atomic E-state index is 13.0. The summed E-state index contributed by atoms with van der Waals surface area (Å²) in [6.07, 6.45) is 0.569. The van der Waals surface area contributed by atoms with E-state index in [-0.39, 0.29) is 13.0 Å². The molecule has 0 bridgehead atoms. The summed E-state index contributed by atoms with van der Waals surface area (Å²) in [5.74, 6) is -3.62. The van der Waals surface area contributed by atoms with Gasteiger partial charge in [0.05, 0.1) is 17.1 Å². The van der Waals surface area contributed by atoms with Crippen LogP contribution in [0.3, 0.4) is 0 Å². The molecule has 0 fully saturated rings. The van der Waals surface area contributed by atoms with Crippen LogP contribution >= 0.6 is 0 Å². The third kappa shape index (κ3) is 3.70. The molecule has 1 aromatic rings. The first kappa shape index (κ1) is 14.5. The molecule has 0 aliphatic carbocycles. The number of nitriles is 1. The van der Waals surface area contributed by atoms with Crippen molar-refractivity contribution < 1.29 is 18.5 Å². The Morgan fingerprint density at radius 1 is 1.42 bits per heavy atom. The lowest BCUT2D eigenvalue weighted by molar-refractivity contribution is -0.385. The summed E-state index contributed by atoms with van der Waals surface area (Å²) in [5.41, 5.74) is -1.36. The molecule has 0 spiro atoms. The minimum Gasteiger partial charge on any atom is -0.352 e. The number of nitrogens with one attached hydrogen (secondary N) is 1. The zero-order valence-electron chi connectivity index (χ0n) is 9.65. The Balaban J connectivity index is 2.92. The molecule has 0 unspecified atom stereocenters. The standard InChI is InChI=1S/C11H9F2N3O3/c12-8-5-7(10(16(18)19)6-9(8)13)11(17)15-4-2-1-3-14/h5-6H,1-2,4H2,(H,15,17). The second-order valence-electron chi connectivity index (χ2n) is 3.56. The first-order valence-corrected chi connectivity index (χ1v) is 5.26. The summed E-state index contributed by atoms with van der Waals surface area (Å²) in [5, 5.41) is 21.2. The molecule has 19 heavy (non-hydrogen) atoms. The average molecular weight is 269 g/mol. The van der Waals surface area contributed by atoms with Crippen molar-refractivity contribution in [2.75, 3.05) is 6.54 Å². The lowest BCUT2D eigenvalue weighted by Gasteiger charge is -2.05. The highest BCUT2D eigenvalue weighted by molar-refractivity contribution is 5.98. The summed E-state index contributed by atoms with van der Waals surface area (Å²) < 4.78 is 25.9. The van der Waals surface area contributed by atoms with Crippen LogP contribution in [0, 0.1) is 33.1 Å². The molecular formula is C11H9F2N3O3. The number of unbranched alkanes of at least 4 members (excludes halogenated alkanes) is 1. The highest BCUT2D eigenvalue weighted by Crippen LogP contribution is 2.22. The summed E-state index contributed by atoms with van der Waals surface area (Å²) in [6.45, 7) is 0.114. The average Bonchev–Trinajstić information content (AvgIpc) is 2.36. The van der Waals surface area contributed by atoms with Gasteiger partial charge >= 0.3 is 0 Å². The first-order valence-electron chi connectivity index (χ1n) is 5.26. The van der Waals surface area contributed by atoms with Gasteiger partial charge in [-0.25, -0.2) is 8.78 Å². The molecule has 1 amide bonds. The molecule has 0 radical (unpaired) electrons. The maximum atomic E-state index is 13.0. The van der Waals surface area contributed by atoms with Gasteiger partial charge in [0.2, 0.25) is 0 Å². The van der Waals surface area contributed by atoms with E-state index in [1.54, 1.807) is 0 Å². The fourth-order valence-electron chi connectivity index (χ4n) is 1.33. The van der Waals surface area contributed by atoms with Crippen LogP contribution in [0.1, 0.15) is 23.2 Å². The number of rotatable bonds is 5. The quantitative estimate of drug-likeness (QED) is 0.501. The van der Waals surface area contributed by atoms with Crippen molar-refractivity contribution in [3.05, 3.63) is 39.4 Å². The molecule has 0 atom stereocenters. The van der Waals surface area contributed by atoms with Gasteiger partial charge in [-0.05, 0) is 12.5 Å². The number of benzene rings is 1. The van der Waals surface area contributed by atoms with Gasteiger partial charge in [-0.3, -0.25) is 14.9 Å². The van der Waals surface area contributed by atoms with Crippen molar-refractivity contribution in [1.82, 2.24) is 5.32 Å². The number of halogens is 2. The second kappa shape index (κ2) is 6.39. The maximum Gasteiger partial charge on any atom is 0.285 e. The molecule has 0 heterocycles. The number of nitro benzene ring substituents is 1. The number of hydrogen-bond acceptors (Lipinski definition) is 4. The lowest BCUT2D eigenvalue weighted by atomic mass is 10.1. The Bertz CT molecular complexity index is 555. The number of carbonyl (C=O) groups is 1. The van der Waals surface area contributed by atoms with Gasteiger partial charge < -0.3 is 5.32 Å². The van der Waals surface area contributed by atoms with Crippen LogP contribution in [-0.4, -0.2) is 17.4 Å². The molecule has 8 heteroatoms. The number of hydrogen-bond donors (Lipinski definition) is 1. The molecule has 0 aliphatic rings. The third-order valence-electron chi connectivity index (χ3n) is 2.23. The van der Waals surface area contributed by atoms with Crippen molar-refractivity contribution in [3.63, 3.8) is 0 Å². The molecule has 0 aliphatic heterocycles. The van der Waals surface area contributed by atoms with Crippen LogP contribution in [0.15, 0.2) is 12.1 Å². The van der Waals surface area contributed by atoms with E-state index in [0.29, 0.717) is 18.6 Å². The molecule has 1 aromatic carbocycles. The molecule has 1 rings (SSSR count). The van der Waals surface area contributed by atoms with Crippen molar-refractivity contribution in [2.45, 2.75) is 12.8 Å². The van der Waals surface area contributed by atoms with Crippen LogP contribution in [0.4, 0.5) is 14.5 Å². The van der Waals surface area contributed by atoms with E-state index >= 15 is 0 Å². The fourth-order valence-corrected chi connectivity index (χ4v) is 1.33. The van der Waals surface area contributed by atoms with Crippen LogP contribution in [0.2, 0.25) is 0 Å². The monoisotopic (exact) mass is 269 g/mol. The minimum absolute atomic E-state index is 0.114. The van der Waals surface area contributed by atoms with Crippen LogP contribution in [-0.2, 0) is 0 Å². The summed E-state index contributed by atoms with van der Waals surface area (Å²) in [7, 11) is 0. The Kier molecular flexibility index (Phi) is 4.88. The molecule has 6 nitrogen and oxygen atoms in total. The molecule has 1 N–H and O–H groups in total. The van der Waals surface area contributed by atoms with E-state index in [1.807, 2.05) is 6.07 Å². The van der Waals surface area contributed by atoms with Crippen LogP contribution < -0.4 is 5.32 Å². The van der Waals surface area contributed by atoms with Gasteiger partial charge in [-0.2, -0.15) is 5.26 Å². The predicted octanol–water partition coefficient (Wildman–Crippen LogP) is 1.91. The Morgan fingerprint density at radius 2 is 2.05 bits per heavy atom. The van der Waals surface area contributed by atoms with E-state index in [2.05, 4.69) is 5.32 Å². The largest absolute Gasteiger partial charge is 0.352 e. The molecule has 0 aromatic heterocycles. The van der Waals surface area contributed by atoms with Gasteiger partial charge in [0.15, 0.2) is 11.6 Å². The second-order valence-corrected chi connectivity index (χ2v) is 3.56. The van der Waals surface area contributed by atoms with E-state index in [1.165, 1.54) is 0 Å². The predicted molar refractivity (Wildman–Crippen MR) is 60.2 cm³/mol. The summed E-state index contributed by atoms with van der Waals surface area (Å²) >= 11 is 0. The van der Waals surface area contributed by atoms with E-state index in [9.17, 15) is 23.7 Å². The van der Waals surface area contributed by atoms with E-state index in [0.717, 1.165) is 0 Å². The zero-order chi connectivity index (χ0) is 14.4. The third-order valence-corrected chi connectivity index (χ3v) is 2.23. The lowest BCUT2D eigenvalue weighted by Crippen LogP contribution is -2.25. The Labute approximate surface area is 106 Å². The van der Waals surface area contributed by atoms with E-state index < -0.39 is 33.7 Å². The Hall–Kier alpha value is -2.56. The van der Waals surface area contributed by atoms with Gasteiger partial charge in [0.1, 0.15) is 5.56 Å². The van der Waals surface area contributed by atoms with Gasteiger partial charge in [-0.15, -0.1) is 0 Å². The molecule has 0 saturated heterocycles. The van der Waals surface area contributed by atoms with Crippen LogP contribution in [0.5, 0.6) is 0 Å². The van der Waals surface area contributed by atoms with E-state index in [4.69, 9.17) is 5.26 Å². The van der Waals surface area contributed by atoms with Crippen LogP contribution in [0.25, 0.3) is 0 Å². The highest BCUT2D eigenvalue weighted by atomic mass is 19.2. The summed E-state index contributed by atoms with van der Waals surface area (Å²) in [4.78, 5) is 21.3. The van der Waals surface area contributed by atoms with Gasteiger partial charge in [0, 0.05) is 13.0 Å². The van der Waals surface area contributed by atoms with Crippen molar-refractivity contribution in [1.29, 1.82) is 5.26 Å². The smallest absolute Gasteiger partial charge is 0.285 e. The zero-order valence-corrected chi connectivity index (χ0v) is 9.65. The molecule has 100 valence electrons. The SMILES string of the molecule is N#CCCCNC(=O)c1cc(F)c(F)cc1[N+](=O)[O-]. The Morgan fingerprint density at radius 3 is 2.63 bits per heavy atom. The van der Waals surface area contributed by atoms with Crippen molar-refractivity contribution in [3.8, 4) is 6.07 Å². The highest BCUT2D eigenvalue weighted by Gasteiger charge is 2.23. The van der Waals surface area contributed by atoms with Crippen molar-refractivity contribution >= 4 is 11.6 Å². The van der Waals surface area contributed by atoms with Crippen molar-refractivity contribution in [2.24, 2.45) is 0 Å². The van der Waals surface area contributed by atoms with Gasteiger partial charge in [-0.1, -0.05) is 0 Å².